The highest BCUT2D eigenvalue weighted by molar-refractivity contribution is 7.92. The molecule has 120 valence electrons. The van der Waals surface area contributed by atoms with E-state index in [4.69, 9.17) is 0 Å². The summed E-state index contributed by atoms with van der Waals surface area (Å²) >= 11 is 0. The van der Waals surface area contributed by atoms with Crippen LogP contribution >= 0.6 is 0 Å². The molecule has 5 nitrogen and oxygen atoms in total. The van der Waals surface area contributed by atoms with E-state index in [1.807, 2.05) is 0 Å². The molecule has 0 aromatic heterocycles. The number of nitrogens with one attached hydrogen (secondary N) is 1. The van der Waals surface area contributed by atoms with Crippen molar-refractivity contribution < 1.29 is 22.4 Å². The molecule has 0 saturated heterocycles. The molecule has 0 spiro atoms. The van der Waals surface area contributed by atoms with Crippen molar-refractivity contribution in [3.8, 4) is 0 Å². The zero-order valence-corrected chi connectivity index (χ0v) is 12.8. The van der Waals surface area contributed by atoms with Gasteiger partial charge < -0.3 is 5.32 Å². The average Bonchev–Trinajstić information content (AvgIpc) is 2.49. The lowest BCUT2D eigenvalue weighted by molar-refractivity contribution is -0.113. The first kappa shape index (κ1) is 16.8. The summed E-state index contributed by atoms with van der Waals surface area (Å²) in [6.45, 7) is 0. The number of sulfone groups is 1. The minimum Gasteiger partial charge on any atom is -0.325 e. The van der Waals surface area contributed by atoms with Crippen LogP contribution in [0.5, 0.6) is 0 Å². The van der Waals surface area contributed by atoms with Crippen LogP contribution in [-0.4, -0.2) is 31.6 Å². The van der Waals surface area contributed by atoms with E-state index in [0.717, 1.165) is 12.1 Å². The fourth-order valence-corrected chi connectivity index (χ4v) is 3.03. The molecule has 0 unspecified atom stereocenters. The van der Waals surface area contributed by atoms with E-state index in [9.17, 15) is 22.4 Å². The molecule has 2 aromatic rings. The number of benzene rings is 2. The summed E-state index contributed by atoms with van der Waals surface area (Å²) < 4.78 is 36.6. The molecule has 0 aliphatic heterocycles. The van der Waals surface area contributed by atoms with E-state index in [0.29, 0.717) is 0 Å². The second-order valence-corrected chi connectivity index (χ2v) is 6.94. The Kier molecular flexibility index (Phi) is 5.23. The first-order chi connectivity index (χ1) is 10.9. The van der Waals surface area contributed by atoms with Gasteiger partial charge in [-0.15, -0.1) is 0 Å². The van der Waals surface area contributed by atoms with Gasteiger partial charge in [0.2, 0.25) is 5.91 Å². The van der Waals surface area contributed by atoms with Crippen LogP contribution < -0.4 is 5.32 Å². The number of halogens is 1. The molecule has 0 atom stereocenters. The SMILES string of the molecule is O=C(CS(=O)(=O)CC(=O)c1ccccc1)Nc1ccc(F)cc1. The van der Waals surface area contributed by atoms with Gasteiger partial charge in [-0.2, -0.15) is 0 Å². The first-order valence-corrected chi connectivity index (χ1v) is 8.52. The largest absolute Gasteiger partial charge is 0.325 e. The van der Waals surface area contributed by atoms with Crippen molar-refractivity contribution in [2.45, 2.75) is 0 Å². The number of rotatable bonds is 6. The second-order valence-electron chi connectivity index (χ2n) is 4.88. The quantitative estimate of drug-likeness (QED) is 0.820. The maximum atomic E-state index is 12.8. The van der Waals surface area contributed by atoms with Gasteiger partial charge in [0.1, 0.15) is 17.3 Å². The minimum absolute atomic E-state index is 0.273. The minimum atomic E-state index is -3.89. The van der Waals surface area contributed by atoms with Crippen LogP contribution in [0.25, 0.3) is 0 Å². The maximum Gasteiger partial charge on any atom is 0.239 e. The van der Waals surface area contributed by atoms with Crippen molar-refractivity contribution in [3.63, 3.8) is 0 Å². The number of hydrogen-bond donors (Lipinski definition) is 1. The topological polar surface area (TPSA) is 80.3 Å². The van der Waals surface area contributed by atoms with Crippen molar-refractivity contribution >= 4 is 27.2 Å². The highest BCUT2D eigenvalue weighted by Crippen LogP contribution is 2.09. The normalized spacial score (nSPS) is 11.0. The van der Waals surface area contributed by atoms with E-state index >= 15 is 0 Å². The van der Waals surface area contributed by atoms with Crippen LogP contribution in [0.2, 0.25) is 0 Å². The summed E-state index contributed by atoms with van der Waals surface area (Å²) in [6.07, 6.45) is 0. The van der Waals surface area contributed by atoms with Crippen LogP contribution in [0.1, 0.15) is 10.4 Å². The summed E-state index contributed by atoms with van der Waals surface area (Å²) in [4.78, 5) is 23.6. The van der Waals surface area contributed by atoms with Crippen LogP contribution in [0, 0.1) is 5.82 Å². The van der Waals surface area contributed by atoms with Crippen molar-refractivity contribution in [3.05, 3.63) is 66.0 Å². The number of Topliss-reactive ketones (excluding diaryl/α,β-unsaturated/α-hetero) is 1. The molecule has 0 fully saturated rings. The fraction of sp³-hybridized carbons (Fsp3) is 0.125. The predicted octanol–water partition coefficient (Wildman–Crippen LogP) is 2.06. The van der Waals surface area contributed by atoms with Gasteiger partial charge in [0.15, 0.2) is 15.6 Å². The van der Waals surface area contributed by atoms with Gasteiger partial charge in [-0.05, 0) is 24.3 Å². The summed E-state index contributed by atoms with van der Waals surface area (Å²) in [6, 6.07) is 12.9. The lowest BCUT2D eigenvalue weighted by atomic mass is 10.2. The van der Waals surface area contributed by atoms with Gasteiger partial charge in [-0.25, -0.2) is 12.8 Å². The van der Waals surface area contributed by atoms with Crippen molar-refractivity contribution in [2.24, 2.45) is 0 Å². The molecule has 23 heavy (non-hydrogen) atoms. The molecule has 0 bridgehead atoms. The Morgan fingerprint density at radius 2 is 1.52 bits per heavy atom. The van der Waals surface area contributed by atoms with Crippen molar-refractivity contribution in [2.75, 3.05) is 16.8 Å². The van der Waals surface area contributed by atoms with Gasteiger partial charge in [-0.3, -0.25) is 9.59 Å². The Labute approximate surface area is 133 Å². The maximum absolute atomic E-state index is 12.8. The molecular weight excluding hydrogens is 321 g/mol. The molecule has 1 amide bonds. The number of carbonyl (C=O) groups is 2. The van der Waals surface area contributed by atoms with Crippen LogP contribution in [0.3, 0.4) is 0 Å². The number of anilines is 1. The second kappa shape index (κ2) is 7.15. The zero-order chi connectivity index (χ0) is 16.9. The smallest absolute Gasteiger partial charge is 0.239 e. The monoisotopic (exact) mass is 335 g/mol. The number of amides is 1. The third-order valence-electron chi connectivity index (χ3n) is 2.93. The molecule has 0 aliphatic carbocycles. The lowest BCUT2D eigenvalue weighted by Gasteiger charge is -2.06. The van der Waals surface area contributed by atoms with Gasteiger partial charge in [0.05, 0.1) is 0 Å². The Morgan fingerprint density at radius 1 is 0.913 bits per heavy atom. The number of carbonyl (C=O) groups excluding carboxylic acids is 2. The fourth-order valence-electron chi connectivity index (χ4n) is 1.89. The molecular formula is C16H14FNO4S. The average molecular weight is 335 g/mol. The molecule has 0 radical (unpaired) electrons. The van der Waals surface area contributed by atoms with Crippen LogP contribution in [0.4, 0.5) is 10.1 Å². The summed E-state index contributed by atoms with van der Waals surface area (Å²) in [5, 5.41) is 2.34. The van der Waals surface area contributed by atoms with Gasteiger partial charge in [-0.1, -0.05) is 30.3 Å². The third kappa shape index (κ3) is 5.30. The van der Waals surface area contributed by atoms with E-state index in [-0.39, 0.29) is 11.3 Å². The highest BCUT2D eigenvalue weighted by atomic mass is 32.2. The van der Waals surface area contributed by atoms with E-state index in [1.165, 1.54) is 24.3 Å². The van der Waals surface area contributed by atoms with E-state index < -0.39 is 38.9 Å². The molecule has 0 aliphatic rings. The van der Waals surface area contributed by atoms with E-state index in [2.05, 4.69) is 5.32 Å². The van der Waals surface area contributed by atoms with Crippen molar-refractivity contribution in [1.82, 2.24) is 0 Å². The van der Waals surface area contributed by atoms with Gasteiger partial charge in [0.25, 0.3) is 0 Å². The molecule has 2 rings (SSSR count). The number of ketones is 1. The zero-order valence-electron chi connectivity index (χ0n) is 12.0. The third-order valence-corrected chi connectivity index (χ3v) is 4.33. The van der Waals surface area contributed by atoms with Crippen LogP contribution in [-0.2, 0) is 14.6 Å². The molecule has 0 saturated carbocycles. The molecule has 7 heteroatoms. The Morgan fingerprint density at radius 3 is 2.13 bits per heavy atom. The summed E-state index contributed by atoms with van der Waals surface area (Å²) in [7, 11) is -3.89. The molecule has 2 aromatic carbocycles. The van der Waals surface area contributed by atoms with Crippen molar-refractivity contribution in [1.29, 1.82) is 0 Å². The summed E-state index contributed by atoms with van der Waals surface area (Å²) in [5.41, 5.74) is 0.552. The highest BCUT2D eigenvalue weighted by Gasteiger charge is 2.21. The Bertz CT molecular complexity index is 802. The number of hydrogen-bond acceptors (Lipinski definition) is 4. The standard InChI is InChI=1S/C16H14FNO4S/c17-13-6-8-14(9-7-13)18-16(20)11-23(21,22)10-15(19)12-4-2-1-3-5-12/h1-9H,10-11H2,(H,18,20). The lowest BCUT2D eigenvalue weighted by Crippen LogP contribution is -2.27. The molecule has 1 N–H and O–H groups in total. The van der Waals surface area contributed by atoms with Gasteiger partial charge >= 0.3 is 0 Å². The summed E-state index contributed by atoms with van der Waals surface area (Å²) in [5.74, 6) is -3.38. The van der Waals surface area contributed by atoms with Gasteiger partial charge in [0, 0.05) is 11.3 Å². The predicted molar refractivity (Wildman–Crippen MR) is 84.5 cm³/mol. The molecule has 0 heterocycles. The Hall–Kier alpha value is -2.54. The first-order valence-electron chi connectivity index (χ1n) is 6.70. The van der Waals surface area contributed by atoms with E-state index in [1.54, 1.807) is 18.2 Å². The Balaban J connectivity index is 1.96. The van der Waals surface area contributed by atoms with Crippen LogP contribution in [0.15, 0.2) is 54.6 Å².